The van der Waals surface area contributed by atoms with Crippen LogP contribution in [-0.4, -0.2) is 57.4 Å². The van der Waals surface area contributed by atoms with Gasteiger partial charge >= 0.3 is 0 Å². The maximum absolute atomic E-state index is 12.1. The van der Waals surface area contributed by atoms with E-state index in [-0.39, 0.29) is 17.9 Å². The number of ether oxygens (including phenoxy) is 1. The van der Waals surface area contributed by atoms with Crippen LogP contribution < -0.4 is 5.32 Å². The third kappa shape index (κ3) is 4.50. The number of hydrogen-bond donors (Lipinski definition) is 1. The predicted molar refractivity (Wildman–Crippen MR) is 73.1 cm³/mol. The first-order chi connectivity index (χ1) is 8.49. The Morgan fingerprint density at radius 2 is 2.11 bits per heavy atom. The van der Waals surface area contributed by atoms with E-state index in [2.05, 4.69) is 12.2 Å². The summed E-state index contributed by atoms with van der Waals surface area (Å²) in [5.74, 6) is 0.212. The molecule has 0 radical (unpaired) electrons. The van der Waals surface area contributed by atoms with Crippen LogP contribution in [0.15, 0.2) is 0 Å². The molecule has 1 aliphatic heterocycles. The molecule has 0 aromatic carbocycles. The summed E-state index contributed by atoms with van der Waals surface area (Å²) >= 11 is 0. The molecular formula is C12H26N2O3S. The van der Waals surface area contributed by atoms with Crippen LogP contribution in [0.5, 0.6) is 0 Å². The van der Waals surface area contributed by atoms with E-state index in [1.165, 1.54) is 4.31 Å². The molecule has 0 bridgehead atoms. The summed E-state index contributed by atoms with van der Waals surface area (Å²) in [6.07, 6.45) is 2.53. The molecule has 1 fully saturated rings. The number of sulfonamides is 1. The van der Waals surface area contributed by atoms with Crippen LogP contribution in [-0.2, 0) is 14.8 Å². The lowest BCUT2D eigenvalue weighted by atomic mass is 10.2. The Bertz CT molecular complexity index is 332. The fourth-order valence-corrected chi connectivity index (χ4v) is 3.72. The maximum Gasteiger partial charge on any atom is 0.214 e. The van der Waals surface area contributed by atoms with Crippen LogP contribution in [0, 0.1) is 0 Å². The zero-order valence-electron chi connectivity index (χ0n) is 11.7. The third-order valence-electron chi connectivity index (χ3n) is 3.42. The molecular weight excluding hydrogens is 252 g/mol. The molecule has 2 atom stereocenters. The van der Waals surface area contributed by atoms with Gasteiger partial charge in [0.2, 0.25) is 10.0 Å². The normalized spacial score (nSPS) is 24.9. The second-order valence-electron chi connectivity index (χ2n) is 4.87. The summed E-state index contributed by atoms with van der Waals surface area (Å²) in [7, 11) is -1.48. The molecule has 6 heteroatoms. The fourth-order valence-electron chi connectivity index (χ4n) is 2.23. The number of rotatable bonds is 8. The van der Waals surface area contributed by atoms with Crippen molar-refractivity contribution in [2.24, 2.45) is 0 Å². The van der Waals surface area contributed by atoms with Crippen LogP contribution in [0.25, 0.3) is 0 Å². The summed E-state index contributed by atoms with van der Waals surface area (Å²) in [6, 6.07) is -0.00130. The highest BCUT2D eigenvalue weighted by atomic mass is 32.2. The zero-order valence-corrected chi connectivity index (χ0v) is 12.5. The molecule has 18 heavy (non-hydrogen) atoms. The van der Waals surface area contributed by atoms with E-state index in [9.17, 15) is 8.42 Å². The van der Waals surface area contributed by atoms with E-state index in [0.717, 1.165) is 25.9 Å². The van der Waals surface area contributed by atoms with Gasteiger partial charge in [0.1, 0.15) is 0 Å². The molecule has 1 heterocycles. The summed E-state index contributed by atoms with van der Waals surface area (Å²) in [6.45, 7) is 6.40. The first-order valence-corrected chi connectivity index (χ1v) is 8.38. The lowest BCUT2D eigenvalue weighted by molar-refractivity contribution is 0.102. The van der Waals surface area contributed by atoms with Crippen molar-refractivity contribution >= 4 is 10.0 Å². The summed E-state index contributed by atoms with van der Waals surface area (Å²) in [5.41, 5.74) is 0. The van der Waals surface area contributed by atoms with E-state index < -0.39 is 10.0 Å². The van der Waals surface area contributed by atoms with Crippen molar-refractivity contribution in [3.8, 4) is 0 Å². The van der Waals surface area contributed by atoms with Gasteiger partial charge in [0.15, 0.2) is 0 Å². The molecule has 0 aromatic heterocycles. The number of hydrogen-bond acceptors (Lipinski definition) is 4. The van der Waals surface area contributed by atoms with Crippen molar-refractivity contribution in [1.29, 1.82) is 0 Å². The molecule has 108 valence electrons. The number of nitrogens with zero attached hydrogens (tertiary/aromatic N) is 1. The molecule has 5 nitrogen and oxygen atoms in total. The number of likely N-dealkylation sites (N-methyl/N-ethyl adjacent to an activating group) is 1. The van der Waals surface area contributed by atoms with Crippen LogP contribution in [0.3, 0.4) is 0 Å². The SMILES string of the molecule is CCCNCCCS(=O)(=O)N(C)C1CCOC1C. The molecule has 1 aliphatic rings. The second kappa shape index (κ2) is 7.43. The molecule has 1 saturated heterocycles. The highest BCUT2D eigenvalue weighted by molar-refractivity contribution is 7.89. The minimum absolute atomic E-state index is 0.00130. The fraction of sp³-hybridized carbons (Fsp3) is 1.00. The average Bonchev–Trinajstić information content (AvgIpc) is 2.74. The zero-order chi connectivity index (χ0) is 13.6. The molecule has 0 spiro atoms. The monoisotopic (exact) mass is 278 g/mol. The van der Waals surface area contributed by atoms with Crippen LogP contribution in [0.1, 0.15) is 33.1 Å². The average molecular weight is 278 g/mol. The quantitative estimate of drug-likeness (QED) is 0.668. The summed E-state index contributed by atoms with van der Waals surface area (Å²) in [4.78, 5) is 0. The van der Waals surface area contributed by atoms with Crippen molar-refractivity contribution in [2.45, 2.75) is 45.3 Å². The summed E-state index contributed by atoms with van der Waals surface area (Å²) < 4.78 is 31.2. The molecule has 0 saturated carbocycles. The molecule has 0 amide bonds. The minimum atomic E-state index is -3.15. The largest absolute Gasteiger partial charge is 0.377 e. The van der Waals surface area contributed by atoms with Gasteiger partial charge in [-0.2, -0.15) is 4.31 Å². The van der Waals surface area contributed by atoms with Crippen molar-refractivity contribution in [3.63, 3.8) is 0 Å². The van der Waals surface area contributed by atoms with Crippen LogP contribution >= 0.6 is 0 Å². The lowest BCUT2D eigenvalue weighted by Gasteiger charge is -2.26. The Balaban J connectivity index is 2.37. The second-order valence-corrected chi connectivity index (χ2v) is 7.02. The van der Waals surface area contributed by atoms with Gasteiger partial charge < -0.3 is 10.1 Å². The van der Waals surface area contributed by atoms with Gasteiger partial charge in [-0.15, -0.1) is 0 Å². The van der Waals surface area contributed by atoms with Gasteiger partial charge in [0.05, 0.1) is 17.9 Å². The smallest absolute Gasteiger partial charge is 0.214 e. The number of nitrogens with one attached hydrogen (secondary N) is 1. The first kappa shape index (κ1) is 15.9. The molecule has 1 rings (SSSR count). The Kier molecular flexibility index (Phi) is 6.55. The van der Waals surface area contributed by atoms with Gasteiger partial charge in [-0.25, -0.2) is 8.42 Å². The highest BCUT2D eigenvalue weighted by Gasteiger charge is 2.33. The van der Waals surface area contributed by atoms with E-state index in [1.54, 1.807) is 7.05 Å². The van der Waals surface area contributed by atoms with E-state index in [1.807, 2.05) is 6.92 Å². The Hall–Kier alpha value is -0.170. The van der Waals surface area contributed by atoms with Crippen molar-refractivity contribution in [3.05, 3.63) is 0 Å². The maximum atomic E-state index is 12.1. The standard InChI is InChI=1S/C12H26N2O3S/c1-4-7-13-8-5-10-18(15,16)14(3)12-6-9-17-11(12)2/h11-13H,4-10H2,1-3H3. The Labute approximate surface area is 111 Å². The van der Waals surface area contributed by atoms with Gasteiger partial charge in [-0.1, -0.05) is 6.92 Å². The van der Waals surface area contributed by atoms with Crippen molar-refractivity contribution < 1.29 is 13.2 Å². The Morgan fingerprint density at radius 3 is 2.67 bits per heavy atom. The first-order valence-electron chi connectivity index (χ1n) is 6.77. The topological polar surface area (TPSA) is 58.6 Å². The molecule has 2 unspecified atom stereocenters. The lowest BCUT2D eigenvalue weighted by Crippen LogP contribution is -2.42. The predicted octanol–water partition coefficient (Wildman–Crippen LogP) is 0.815. The van der Waals surface area contributed by atoms with Crippen LogP contribution in [0.2, 0.25) is 0 Å². The minimum Gasteiger partial charge on any atom is -0.377 e. The molecule has 1 N–H and O–H groups in total. The Morgan fingerprint density at radius 1 is 1.39 bits per heavy atom. The van der Waals surface area contributed by atoms with Crippen molar-refractivity contribution in [2.75, 3.05) is 32.5 Å². The molecule has 0 aromatic rings. The van der Waals surface area contributed by atoms with E-state index in [0.29, 0.717) is 13.0 Å². The van der Waals surface area contributed by atoms with Gasteiger partial charge in [-0.05, 0) is 39.3 Å². The van der Waals surface area contributed by atoms with Gasteiger partial charge in [-0.3, -0.25) is 0 Å². The van der Waals surface area contributed by atoms with E-state index in [4.69, 9.17) is 4.74 Å². The van der Waals surface area contributed by atoms with Gasteiger partial charge in [0, 0.05) is 13.7 Å². The van der Waals surface area contributed by atoms with Gasteiger partial charge in [0.25, 0.3) is 0 Å². The molecule has 0 aliphatic carbocycles. The van der Waals surface area contributed by atoms with E-state index >= 15 is 0 Å². The van der Waals surface area contributed by atoms with Crippen molar-refractivity contribution in [1.82, 2.24) is 9.62 Å². The summed E-state index contributed by atoms with van der Waals surface area (Å²) in [5, 5.41) is 3.22. The third-order valence-corrected chi connectivity index (χ3v) is 5.38. The highest BCUT2D eigenvalue weighted by Crippen LogP contribution is 2.21. The van der Waals surface area contributed by atoms with Crippen LogP contribution in [0.4, 0.5) is 0 Å².